The minimum atomic E-state index is -0.961. The highest BCUT2D eigenvalue weighted by Gasteiger charge is 2.35. The molecule has 160 valence electrons. The molecular formula is C20H23FN4O4S. The molecule has 0 aromatic heterocycles. The lowest BCUT2D eigenvalue weighted by molar-refractivity contribution is -0.125. The van der Waals surface area contributed by atoms with E-state index in [-0.39, 0.29) is 5.82 Å². The first-order chi connectivity index (χ1) is 14.4. The van der Waals surface area contributed by atoms with Gasteiger partial charge in [-0.25, -0.2) is 4.39 Å². The van der Waals surface area contributed by atoms with Gasteiger partial charge < -0.3 is 25.8 Å². The van der Waals surface area contributed by atoms with Gasteiger partial charge in [0, 0.05) is 11.3 Å². The average molecular weight is 434 g/mol. The molecule has 3 unspecified atom stereocenters. The summed E-state index contributed by atoms with van der Waals surface area (Å²) in [6.45, 7) is 0. The van der Waals surface area contributed by atoms with Gasteiger partial charge in [0.1, 0.15) is 17.4 Å². The van der Waals surface area contributed by atoms with E-state index in [0.29, 0.717) is 22.8 Å². The Morgan fingerprint density at radius 2 is 1.97 bits per heavy atom. The number of methoxy groups -OCH3 is 2. The van der Waals surface area contributed by atoms with Gasteiger partial charge in [-0.3, -0.25) is 14.9 Å². The van der Waals surface area contributed by atoms with Crippen LogP contribution in [0.5, 0.6) is 11.5 Å². The fraction of sp³-hybridized carbons (Fsp3) is 0.300. The van der Waals surface area contributed by atoms with Gasteiger partial charge in [0.05, 0.1) is 20.4 Å². The summed E-state index contributed by atoms with van der Waals surface area (Å²) in [6, 6.07) is 9.96. The number of benzene rings is 2. The summed E-state index contributed by atoms with van der Waals surface area (Å²) in [5, 5.41) is 8.43. The molecule has 1 aliphatic rings. The smallest absolute Gasteiger partial charge is 0.252 e. The molecule has 8 nitrogen and oxygen atoms in total. The average Bonchev–Trinajstić information content (AvgIpc) is 2.74. The number of carbonyl (C=O) groups excluding carboxylic acids is 2. The lowest BCUT2D eigenvalue weighted by atomic mass is 10.1. The second-order valence-electron chi connectivity index (χ2n) is 6.54. The maximum Gasteiger partial charge on any atom is 0.252 e. The highest BCUT2D eigenvalue weighted by molar-refractivity contribution is 7.99. The zero-order valence-corrected chi connectivity index (χ0v) is 17.3. The van der Waals surface area contributed by atoms with Crippen molar-refractivity contribution >= 4 is 23.6 Å². The van der Waals surface area contributed by atoms with Gasteiger partial charge in [0.15, 0.2) is 11.5 Å². The normalized spacial score (nSPS) is 20.9. The molecule has 10 heteroatoms. The topological polar surface area (TPSA) is 115 Å². The van der Waals surface area contributed by atoms with Gasteiger partial charge in [-0.15, -0.1) is 11.8 Å². The van der Waals surface area contributed by atoms with E-state index in [1.165, 1.54) is 44.2 Å². The first-order valence-corrected chi connectivity index (χ1v) is 10.2. The molecule has 0 aliphatic carbocycles. The van der Waals surface area contributed by atoms with E-state index in [4.69, 9.17) is 15.2 Å². The summed E-state index contributed by atoms with van der Waals surface area (Å²) in [5.41, 5.74) is 6.70. The maximum absolute atomic E-state index is 13.3. The van der Waals surface area contributed by atoms with Crippen molar-refractivity contribution in [2.75, 3.05) is 14.2 Å². The van der Waals surface area contributed by atoms with E-state index in [9.17, 15) is 14.0 Å². The van der Waals surface area contributed by atoms with Crippen molar-refractivity contribution < 1.29 is 23.5 Å². The Labute approximate surface area is 177 Å². The number of nitrogens with two attached hydrogens (primary N) is 1. The molecule has 5 N–H and O–H groups in total. The molecule has 1 heterocycles. The zero-order valence-electron chi connectivity index (χ0n) is 16.5. The summed E-state index contributed by atoms with van der Waals surface area (Å²) in [4.78, 5) is 25.1. The number of nitrogens with one attached hydrogen (secondary N) is 3. The Morgan fingerprint density at radius 3 is 2.63 bits per heavy atom. The zero-order chi connectivity index (χ0) is 21.7. The van der Waals surface area contributed by atoms with Gasteiger partial charge in [0.25, 0.3) is 5.91 Å². The van der Waals surface area contributed by atoms with Crippen molar-refractivity contribution in [2.45, 2.75) is 23.5 Å². The van der Waals surface area contributed by atoms with E-state index in [0.717, 1.165) is 5.56 Å². The van der Waals surface area contributed by atoms with Crippen LogP contribution in [-0.2, 0) is 10.5 Å². The monoisotopic (exact) mass is 434 g/mol. The fourth-order valence-corrected chi connectivity index (χ4v) is 3.94. The maximum atomic E-state index is 13.3. The first-order valence-electron chi connectivity index (χ1n) is 9.12. The number of amides is 2. The van der Waals surface area contributed by atoms with Gasteiger partial charge >= 0.3 is 0 Å². The van der Waals surface area contributed by atoms with Gasteiger partial charge in [-0.2, -0.15) is 0 Å². The lowest BCUT2D eigenvalue weighted by Crippen LogP contribution is -2.70. The molecule has 3 atom stereocenters. The Balaban J connectivity index is 1.59. The van der Waals surface area contributed by atoms with Crippen molar-refractivity contribution in [1.82, 2.24) is 16.0 Å². The molecule has 1 aliphatic heterocycles. The predicted molar refractivity (Wildman–Crippen MR) is 112 cm³/mol. The molecule has 0 saturated carbocycles. The van der Waals surface area contributed by atoms with E-state index in [2.05, 4.69) is 16.0 Å². The van der Waals surface area contributed by atoms with Crippen LogP contribution in [0.2, 0.25) is 0 Å². The van der Waals surface area contributed by atoms with Crippen molar-refractivity contribution in [1.29, 1.82) is 0 Å². The molecule has 2 amide bonds. The lowest BCUT2D eigenvalue weighted by Gasteiger charge is -2.35. The predicted octanol–water partition coefficient (Wildman–Crippen LogP) is 1.16. The van der Waals surface area contributed by atoms with Crippen LogP contribution in [-0.4, -0.2) is 43.7 Å². The highest BCUT2D eigenvalue weighted by atomic mass is 32.2. The van der Waals surface area contributed by atoms with E-state index in [1.54, 1.807) is 24.3 Å². The third-order valence-corrected chi connectivity index (χ3v) is 5.58. The Hall–Kier alpha value is -2.82. The summed E-state index contributed by atoms with van der Waals surface area (Å²) >= 11 is 1.36. The number of hydrogen-bond acceptors (Lipinski definition) is 7. The molecular weight excluding hydrogens is 411 g/mol. The quantitative estimate of drug-likeness (QED) is 0.517. The van der Waals surface area contributed by atoms with E-state index >= 15 is 0 Å². The summed E-state index contributed by atoms with van der Waals surface area (Å²) in [5.74, 6) is 0.162. The van der Waals surface area contributed by atoms with Gasteiger partial charge in [-0.1, -0.05) is 12.1 Å². The summed E-state index contributed by atoms with van der Waals surface area (Å²) in [6.07, 6.45) is -0.798. The van der Waals surface area contributed by atoms with Crippen molar-refractivity contribution in [2.24, 2.45) is 5.73 Å². The van der Waals surface area contributed by atoms with Crippen LogP contribution in [0.4, 0.5) is 4.39 Å². The molecule has 1 fully saturated rings. The standard InChI is InChI=1S/C20H23FN4O4S/c1-28-14-7-6-12(9-15(14)29-2)18(26)23-16-17(22)24-20(25-19(16)27)30-10-11-4-3-5-13(21)8-11/h3-9,16-17,20,24H,10,22H2,1-2H3,(H,23,26)(H,25,27). The Kier molecular flexibility index (Phi) is 7.14. The summed E-state index contributed by atoms with van der Waals surface area (Å²) in [7, 11) is 2.97. The third kappa shape index (κ3) is 5.21. The first kappa shape index (κ1) is 21.9. The number of thioether (sulfide) groups is 1. The largest absolute Gasteiger partial charge is 0.493 e. The number of carbonyl (C=O) groups is 2. The van der Waals surface area contributed by atoms with Crippen LogP contribution in [0.25, 0.3) is 0 Å². The second-order valence-corrected chi connectivity index (χ2v) is 7.64. The van der Waals surface area contributed by atoms with Crippen molar-refractivity contribution in [3.8, 4) is 11.5 Å². The minimum Gasteiger partial charge on any atom is -0.493 e. The van der Waals surface area contributed by atoms with E-state index in [1.807, 2.05) is 0 Å². The van der Waals surface area contributed by atoms with Crippen LogP contribution in [0.1, 0.15) is 15.9 Å². The number of rotatable bonds is 7. The van der Waals surface area contributed by atoms with Crippen molar-refractivity contribution in [3.63, 3.8) is 0 Å². The van der Waals surface area contributed by atoms with Crippen LogP contribution < -0.4 is 31.2 Å². The van der Waals surface area contributed by atoms with Crippen LogP contribution in [0.3, 0.4) is 0 Å². The van der Waals surface area contributed by atoms with Crippen LogP contribution in [0, 0.1) is 5.82 Å². The Bertz CT molecular complexity index is 929. The molecule has 0 radical (unpaired) electrons. The number of ether oxygens (including phenoxy) is 2. The second kappa shape index (κ2) is 9.79. The highest BCUT2D eigenvalue weighted by Crippen LogP contribution is 2.27. The number of hydrogen-bond donors (Lipinski definition) is 4. The Morgan fingerprint density at radius 1 is 1.20 bits per heavy atom. The fourth-order valence-electron chi connectivity index (χ4n) is 2.95. The molecule has 3 rings (SSSR count). The SMILES string of the molecule is COc1ccc(C(=O)NC2C(=O)NC(SCc3cccc(F)c3)NC2N)cc1OC. The summed E-state index contributed by atoms with van der Waals surface area (Å²) < 4.78 is 23.6. The molecule has 0 bridgehead atoms. The van der Waals surface area contributed by atoms with Crippen LogP contribution >= 0.6 is 11.8 Å². The van der Waals surface area contributed by atoms with Crippen molar-refractivity contribution in [3.05, 3.63) is 59.4 Å². The molecule has 0 spiro atoms. The molecule has 1 saturated heterocycles. The molecule has 30 heavy (non-hydrogen) atoms. The molecule has 2 aromatic carbocycles. The van der Waals surface area contributed by atoms with E-state index < -0.39 is 29.5 Å². The number of halogens is 1. The van der Waals surface area contributed by atoms with Crippen LogP contribution in [0.15, 0.2) is 42.5 Å². The van der Waals surface area contributed by atoms with Gasteiger partial charge in [0.2, 0.25) is 5.91 Å². The third-order valence-electron chi connectivity index (χ3n) is 4.50. The minimum absolute atomic E-state index is 0.301. The molecule has 2 aromatic rings. The van der Waals surface area contributed by atoms with Gasteiger partial charge in [-0.05, 0) is 35.9 Å².